The van der Waals surface area contributed by atoms with Crippen LogP contribution in [0.5, 0.6) is 0 Å². The third-order valence-electron chi connectivity index (χ3n) is 4.85. The van der Waals surface area contributed by atoms with E-state index in [1.54, 1.807) is 10.9 Å². The molecule has 0 unspecified atom stereocenters. The van der Waals surface area contributed by atoms with Gasteiger partial charge < -0.3 is 4.90 Å². The Balaban J connectivity index is 1.69. The zero-order valence-corrected chi connectivity index (χ0v) is 14.5. The van der Waals surface area contributed by atoms with Crippen molar-refractivity contribution in [2.75, 3.05) is 0 Å². The summed E-state index contributed by atoms with van der Waals surface area (Å²) in [5.41, 5.74) is 3.03. The lowest BCUT2D eigenvalue weighted by molar-refractivity contribution is -0.137. The van der Waals surface area contributed by atoms with Gasteiger partial charge in [0.05, 0.1) is 18.3 Å². The van der Waals surface area contributed by atoms with Gasteiger partial charge in [0, 0.05) is 19.3 Å². The lowest BCUT2D eigenvalue weighted by atomic mass is 10.1. The van der Waals surface area contributed by atoms with Crippen LogP contribution < -0.4 is 0 Å². The first-order valence-corrected chi connectivity index (χ1v) is 8.31. The van der Waals surface area contributed by atoms with Crippen molar-refractivity contribution in [2.45, 2.75) is 33.0 Å². The predicted octanol–water partition coefficient (Wildman–Crippen LogP) is 2.09. The van der Waals surface area contributed by atoms with Crippen LogP contribution in [0.2, 0.25) is 0 Å². The highest BCUT2D eigenvalue weighted by Gasteiger charge is 2.34. The molecule has 1 atom stereocenters. The van der Waals surface area contributed by atoms with E-state index < -0.39 is 0 Å². The third kappa shape index (κ3) is 2.52. The molecular formula is C18H20N6O. The van der Waals surface area contributed by atoms with Crippen LogP contribution >= 0.6 is 0 Å². The maximum atomic E-state index is 12.9. The quantitative estimate of drug-likeness (QED) is 0.734. The number of hydrogen-bond donors (Lipinski definition) is 0. The molecule has 0 radical (unpaired) electrons. The fourth-order valence-corrected chi connectivity index (χ4v) is 3.30. The van der Waals surface area contributed by atoms with Gasteiger partial charge in [0.1, 0.15) is 6.04 Å². The van der Waals surface area contributed by atoms with Crippen molar-refractivity contribution in [3.05, 3.63) is 53.6 Å². The second-order valence-corrected chi connectivity index (χ2v) is 6.43. The Hall–Kier alpha value is -2.96. The van der Waals surface area contributed by atoms with Crippen molar-refractivity contribution in [1.82, 2.24) is 29.4 Å². The SMILES string of the molecule is Cc1c(-c2nnc3n2[C@@H](C)C(=O)N(Cc2ccccc2)C3)cnn1C. The van der Waals surface area contributed by atoms with Crippen LogP contribution in [0.3, 0.4) is 0 Å². The first-order valence-electron chi connectivity index (χ1n) is 8.31. The molecule has 1 aromatic carbocycles. The molecule has 3 aromatic rings. The molecule has 3 heterocycles. The van der Waals surface area contributed by atoms with Crippen LogP contribution in [0.4, 0.5) is 0 Å². The Labute approximate surface area is 145 Å². The minimum Gasteiger partial charge on any atom is -0.329 e. The number of aromatic nitrogens is 5. The fourth-order valence-electron chi connectivity index (χ4n) is 3.30. The first-order chi connectivity index (χ1) is 12.1. The summed E-state index contributed by atoms with van der Waals surface area (Å²) in [6.45, 7) is 4.94. The van der Waals surface area contributed by atoms with E-state index in [1.807, 2.05) is 60.7 Å². The molecule has 7 nitrogen and oxygen atoms in total. The van der Waals surface area contributed by atoms with E-state index in [2.05, 4.69) is 15.3 Å². The molecule has 1 amide bonds. The predicted molar refractivity (Wildman–Crippen MR) is 92.4 cm³/mol. The zero-order valence-electron chi connectivity index (χ0n) is 14.5. The molecule has 0 fully saturated rings. The second kappa shape index (κ2) is 5.84. The van der Waals surface area contributed by atoms with Crippen LogP contribution in [0.15, 0.2) is 36.5 Å². The summed E-state index contributed by atoms with van der Waals surface area (Å²) in [5, 5.41) is 13.0. The fraction of sp³-hybridized carbons (Fsp3) is 0.333. The summed E-state index contributed by atoms with van der Waals surface area (Å²) < 4.78 is 3.74. The Morgan fingerprint density at radius 1 is 1.20 bits per heavy atom. The number of rotatable bonds is 3. The normalized spacial score (nSPS) is 17.0. The lowest BCUT2D eigenvalue weighted by Gasteiger charge is -2.32. The monoisotopic (exact) mass is 336 g/mol. The smallest absolute Gasteiger partial charge is 0.246 e. The molecule has 0 aliphatic carbocycles. The summed E-state index contributed by atoms with van der Waals surface area (Å²) in [6.07, 6.45) is 1.78. The molecule has 2 aromatic heterocycles. The molecule has 7 heteroatoms. The Bertz CT molecular complexity index is 926. The van der Waals surface area contributed by atoms with E-state index in [9.17, 15) is 4.79 Å². The zero-order chi connectivity index (χ0) is 17.6. The van der Waals surface area contributed by atoms with E-state index in [-0.39, 0.29) is 11.9 Å². The summed E-state index contributed by atoms with van der Waals surface area (Å²) >= 11 is 0. The van der Waals surface area contributed by atoms with Crippen molar-refractivity contribution in [3.8, 4) is 11.4 Å². The Morgan fingerprint density at radius 2 is 1.96 bits per heavy atom. The van der Waals surface area contributed by atoms with Gasteiger partial charge in [-0.1, -0.05) is 30.3 Å². The summed E-state index contributed by atoms with van der Waals surface area (Å²) in [6, 6.07) is 9.67. The molecule has 25 heavy (non-hydrogen) atoms. The van der Waals surface area contributed by atoms with Crippen molar-refractivity contribution < 1.29 is 4.79 Å². The summed E-state index contributed by atoms with van der Waals surface area (Å²) in [4.78, 5) is 14.7. The van der Waals surface area contributed by atoms with Gasteiger partial charge in [-0.2, -0.15) is 5.10 Å². The third-order valence-corrected chi connectivity index (χ3v) is 4.85. The Morgan fingerprint density at radius 3 is 2.64 bits per heavy atom. The Kier molecular flexibility index (Phi) is 3.63. The van der Waals surface area contributed by atoms with Crippen LogP contribution in [0.1, 0.15) is 30.0 Å². The summed E-state index contributed by atoms with van der Waals surface area (Å²) in [7, 11) is 1.89. The number of nitrogens with zero attached hydrogens (tertiary/aromatic N) is 6. The van der Waals surface area contributed by atoms with Crippen LogP contribution in [-0.4, -0.2) is 35.4 Å². The molecule has 0 saturated heterocycles. The lowest BCUT2D eigenvalue weighted by Crippen LogP contribution is -2.41. The maximum absolute atomic E-state index is 12.9. The number of carbonyl (C=O) groups excluding carboxylic acids is 1. The molecule has 128 valence electrons. The second-order valence-electron chi connectivity index (χ2n) is 6.43. The van der Waals surface area contributed by atoms with Gasteiger partial charge in [-0.25, -0.2) is 0 Å². The molecule has 1 aliphatic heterocycles. The number of fused-ring (bicyclic) bond motifs is 1. The van der Waals surface area contributed by atoms with Gasteiger partial charge in [-0.05, 0) is 19.4 Å². The van der Waals surface area contributed by atoms with E-state index in [0.29, 0.717) is 18.9 Å². The standard InChI is InChI=1S/C18H20N6O/c1-12-15(9-19-22(12)3)17-21-20-16-11-23(18(25)13(2)24(16)17)10-14-7-5-4-6-8-14/h4-9,13H,10-11H2,1-3H3/t13-/m0/s1. The maximum Gasteiger partial charge on any atom is 0.246 e. The average molecular weight is 336 g/mol. The number of hydrogen-bond acceptors (Lipinski definition) is 4. The molecule has 1 aliphatic rings. The van der Waals surface area contributed by atoms with E-state index in [0.717, 1.165) is 22.6 Å². The van der Waals surface area contributed by atoms with E-state index in [1.165, 1.54) is 0 Å². The van der Waals surface area contributed by atoms with Crippen molar-refractivity contribution >= 4 is 5.91 Å². The summed E-state index contributed by atoms with van der Waals surface area (Å²) in [5.74, 6) is 1.60. The number of aryl methyl sites for hydroxylation is 1. The van der Waals surface area contributed by atoms with Crippen LogP contribution in [-0.2, 0) is 24.9 Å². The van der Waals surface area contributed by atoms with Crippen molar-refractivity contribution in [3.63, 3.8) is 0 Å². The van der Waals surface area contributed by atoms with Gasteiger partial charge in [-0.3, -0.25) is 14.0 Å². The highest BCUT2D eigenvalue weighted by Crippen LogP contribution is 2.30. The van der Waals surface area contributed by atoms with Gasteiger partial charge in [0.15, 0.2) is 11.6 Å². The van der Waals surface area contributed by atoms with Crippen LogP contribution in [0.25, 0.3) is 11.4 Å². The molecule has 0 bridgehead atoms. The molecular weight excluding hydrogens is 316 g/mol. The molecule has 0 N–H and O–H groups in total. The number of carbonyl (C=O) groups is 1. The van der Waals surface area contributed by atoms with Gasteiger partial charge in [0.2, 0.25) is 5.91 Å². The van der Waals surface area contributed by atoms with Crippen molar-refractivity contribution in [1.29, 1.82) is 0 Å². The largest absolute Gasteiger partial charge is 0.329 e. The van der Waals surface area contributed by atoms with Crippen LogP contribution in [0, 0.1) is 6.92 Å². The van der Waals surface area contributed by atoms with E-state index in [4.69, 9.17) is 0 Å². The van der Waals surface area contributed by atoms with Gasteiger partial charge in [-0.15, -0.1) is 10.2 Å². The molecule has 0 saturated carbocycles. The number of amides is 1. The van der Waals surface area contributed by atoms with Crippen molar-refractivity contribution in [2.24, 2.45) is 7.05 Å². The molecule has 0 spiro atoms. The average Bonchev–Trinajstić information content (AvgIpc) is 3.17. The number of benzene rings is 1. The van der Waals surface area contributed by atoms with Gasteiger partial charge >= 0.3 is 0 Å². The minimum absolute atomic E-state index is 0.0824. The topological polar surface area (TPSA) is 68.8 Å². The minimum atomic E-state index is -0.336. The highest BCUT2D eigenvalue weighted by atomic mass is 16.2. The van der Waals surface area contributed by atoms with E-state index >= 15 is 0 Å². The van der Waals surface area contributed by atoms with Gasteiger partial charge in [0.25, 0.3) is 0 Å². The molecule has 4 rings (SSSR count). The first kappa shape index (κ1) is 15.6. The highest BCUT2D eigenvalue weighted by molar-refractivity contribution is 5.82.